The lowest BCUT2D eigenvalue weighted by Gasteiger charge is -1.90. The minimum absolute atomic E-state index is 0.962. The highest BCUT2D eigenvalue weighted by molar-refractivity contribution is 7.29. The first-order chi connectivity index (χ1) is 11.8. The van der Waals surface area contributed by atoms with Gasteiger partial charge in [-0.05, 0) is 30.3 Å². The van der Waals surface area contributed by atoms with Crippen LogP contribution in [-0.4, -0.2) is 19.9 Å². The van der Waals surface area contributed by atoms with Crippen LogP contribution in [0.25, 0.3) is 31.0 Å². The number of nitrogens with one attached hydrogen (secondary N) is 2. The Hall–Kier alpha value is -2.88. The molecule has 0 amide bonds. The van der Waals surface area contributed by atoms with Crippen molar-refractivity contribution in [2.45, 2.75) is 0 Å². The fourth-order valence-electron chi connectivity index (χ4n) is 2.57. The molecule has 0 radical (unpaired) electrons. The lowest BCUT2D eigenvalue weighted by Crippen LogP contribution is -1.75. The lowest BCUT2D eigenvalue weighted by atomic mass is 10.2. The minimum atomic E-state index is 0.962. The molecule has 0 bridgehead atoms. The van der Waals surface area contributed by atoms with Crippen LogP contribution < -0.4 is 0 Å². The van der Waals surface area contributed by atoms with Gasteiger partial charge < -0.3 is 9.97 Å². The number of hydrogen-bond acceptors (Lipinski definition) is 4. The summed E-state index contributed by atoms with van der Waals surface area (Å²) in [6.07, 6.45) is 5.25. The second-order valence-corrected chi connectivity index (χ2v) is 7.47. The summed E-state index contributed by atoms with van der Waals surface area (Å²) in [5.74, 6) is 6.51. The summed E-state index contributed by atoms with van der Waals surface area (Å²) >= 11 is 3.48. The Morgan fingerprint density at radius 1 is 0.917 bits per heavy atom. The summed E-state index contributed by atoms with van der Waals surface area (Å²) in [5.41, 5.74) is 4.02. The summed E-state index contributed by atoms with van der Waals surface area (Å²) < 4.78 is 2.52. The van der Waals surface area contributed by atoms with Gasteiger partial charge in [-0.1, -0.05) is 11.8 Å². The molecular weight excluding hydrogens is 336 g/mol. The predicted molar refractivity (Wildman–Crippen MR) is 99.4 cm³/mol. The average molecular weight is 346 g/mol. The molecule has 0 saturated carbocycles. The monoisotopic (exact) mass is 346 g/mol. The van der Waals surface area contributed by atoms with Crippen molar-refractivity contribution in [3.63, 3.8) is 0 Å². The molecular formula is C18H10N4S2. The smallest absolute Gasteiger partial charge is 0.0931 e. The molecule has 5 aromatic rings. The molecule has 0 saturated heterocycles. The zero-order chi connectivity index (χ0) is 15.9. The lowest BCUT2D eigenvalue weighted by molar-refractivity contribution is 1.32. The maximum atomic E-state index is 4.22. The Kier molecular flexibility index (Phi) is 3.01. The molecule has 1 aromatic carbocycles. The molecule has 2 N–H and O–H groups in total. The van der Waals surface area contributed by atoms with Crippen LogP contribution in [-0.2, 0) is 0 Å². The van der Waals surface area contributed by atoms with E-state index in [1.807, 2.05) is 24.4 Å². The molecule has 4 aromatic heterocycles. The number of rotatable bonds is 1. The molecule has 0 unspecified atom stereocenters. The summed E-state index contributed by atoms with van der Waals surface area (Å²) in [6, 6.07) is 10.4. The number of aromatic amines is 2. The standard InChI is InChI=1S/C18H10N4S2/c1(11-2-4-13-14(5-11)22-10-21-13)3-12-6-17-18(23-12)7-16(24-17)15-8-19-9-20-15/h2,4-10H,(H,19,20)(H,21,22). The van der Waals surface area contributed by atoms with Crippen molar-refractivity contribution in [3.05, 3.63) is 59.6 Å². The van der Waals surface area contributed by atoms with Gasteiger partial charge in [-0.25, -0.2) is 9.97 Å². The van der Waals surface area contributed by atoms with Gasteiger partial charge in [0.2, 0.25) is 0 Å². The minimum Gasteiger partial charge on any atom is -0.345 e. The van der Waals surface area contributed by atoms with Crippen LogP contribution in [0.4, 0.5) is 0 Å². The van der Waals surface area contributed by atoms with E-state index in [0.29, 0.717) is 0 Å². The second kappa shape index (κ2) is 5.34. The first kappa shape index (κ1) is 13.5. The van der Waals surface area contributed by atoms with E-state index in [1.54, 1.807) is 35.3 Å². The molecule has 0 spiro atoms. The fourth-order valence-corrected chi connectivity index (χ4v) is 4.79. The van der Waals surface area contributed by atoms with Crippen LogP contribution in [0, 0.1) is 11.8 Å². The molecule has 5 rings (SSSR count). The number of H-pyrrole nitrogens is 2. The van der Waals surface area contributed by atoms with Crippen LogP contribution in [0.5, 0.6) is 0 Å². The van der Waals surface area contributed by atoms with E-state index < -0.39 is 0 Å². The zero-order valence-corrected chi connectivity index (χ0v) is 14.0. The second-order valence-electron chi connectivity index (χ2n) is 5.30. The zero-order valence-electron chi connectivity index (χ0n) is 12.3. The highest BCUT2D eigenvalue weighted by Gasteiger charge is 2.08. The van der Waals surface area contributed by atoms with Crippen molar-refractivity contribution >= 4 is 43.1 Å². The van der Waals surface area contributed by atoms with Crippen LogP contribution in [0.2, 0.25) is 0 Å². The number of fused-ring (bicyclic) bond motifs is 2. The number of aromatic nitrogens is 4. The predicted octanol–water partition coefficient (Wildman–Crippen LogP) is 4.63. The Morgan fingerprint density at radius 3 is 2.75 bits per heavy atom. The third-order valence-electron chi connectivity index (χ3n) is 3.72. The third kappa shape index (κ3) is 2.31. The Labute approximate surface area is 145 Å². The number of thiophene rings is 2. The first-order valence-corrected chi connectivity index (χ1v) is 8.96. The van der Waals surface area contributed by atoms with Gasteiger partial charge >= 0.3 is 0 Å². The van der Waals surface area contributed by atoms with E-state index in [9.17, 15) is 0 Å². The molecule has 6 heteroatoms. The van der Waals surface area contributed by atoms with Gasteiger partial charge in [-0.3, -0.25) is 0 Å². The van der Waals surface area contributed by atoms with E-state index in [2.05, 4.69) is 43.9 Å². The van der Waals surface area contributed by atoms with Gasteiger partial charge in [0.05, 0.1) is 45.3 Å². The van der Waals surface area contributed by atoms with Crippen molar-refractivity contribution < 1.29 is 0 Å². The van der Waals surface area contributed by atoms with Gasteiger partial charge in [-0.2, -0.15) is 0 Å². The molecule has 0 fully saturated rings. The van der Waals surface area contributed by atoms with Crippen molar-refractivity contribution in [1.82, 2.24) is 19.9 Å². The molecule has 0 aliphatic carbocycles. The van der Waals surface area contributed by atoms with Crippen molar-refractivity contribution in [2.75, 3.05) is 0 Å². The molecule has 4 heterocycles. The number of imidazole rings is 2. The normalized spacial score (nSPS) is 11.0. The van der Waals surface area contributed by atoms with Crippen LogP contribution in [0.3, 0.4) is 0 Å². The first-order valence-electron chi connectivity index (χ1n) is 7.32. The molecule has 114 valence electrons. The van der Waals surface area contributed by atoms with Crippen LogP contribution >= 0.6 is 22.7 Å². The quantitative estimate of drug-likeness (QED) is 0.435. The summed E-state index contributed by atoms with van der Waals surface area (Å²) in [7, 11) is 0. The van der Waals surface area contributed by atoms with E-state index in [0.717, 1.165) is 27.2 Å². The average Bonchev–Trinajstić information content (AvgIpc) is 3.33. The number of hydrogen-bond donors (Lipinski definition) is 2. The van der Waals surface area contributed by atoms with Crippen LogP contribution in [0.15, 0.2) is 49.2 Å². The topological polar surface area (TPSA) is 57.4 Å². The van der Waals surface area contributed by atoms with Crippen molar-refractivity contribution in [3.8, 4) is 22.4 Å². The molecule has 0 aliphatic rings. The Bertz CT molecular complexity index is 1180. The van der Waals surface area contributed by atoms with Gasteiger partial charge in [-0.15, -0.1) is 22.7 Å². The molecule has 24 heavy (non-hydrogen) atoms. The maximum Gasteiger partial charge on any atom is 0.0931 e. The highest BCUT2D eigenvalue weighted by atomic mass is 32.1. The van der Waals surface area contributed by atoms with Gasteiger partial charge in [0.1, 0.15) is 0 Å². The van der Waals surface area contributed by atoms with E-state index in [1.165, 1.54) is 14.3 Å². The fraction of sp³-hybridized carbons (Fsp3) is 0. The van der Waals surface area contributed by atoms with E-state index in [-0.39, 0.29) is 0 Å². The number of nitrogens with zero attached hydrogens (tertiary/aromatic N) is 2. The largest absolute Gasteiger partial charge is 0.345 e. The maximum absolute atomic E-state index is 4.22. The van der Waals surface area contributed by atoms with E-state index >= 15 is 0 Å². The summed E-state index contributed by atoms with van der Waals surface area (Å²) in [5, 5.41) is 0. The molecule has 0 aliphatic heterocycles. The SMILES string of the molecule is C(#Cc1cc2sc(-c3cnc[nH]3)cc2s1)c1ccc2nc[nH]c2c1. The van der Waals surface area contributed by atoms with Gasteiger partial charge in [0.25, 0.3) is 0 Å². The molecule has 4 nitrogen and oxygen atoms in total. The summed E-state index contributed by atoms with van der Waals surface area (Å²) in [6.45, 7) is 0. The van der Waals surface area contributed by atoms with E-state index in [4.69, 9.17) is 0 Å². The Morgan fingerprint density at radius 2 is 1.88 bits per heavy atom. The summed E-state index contributed by atoms with van der Waals surface area (Å²) in [4.78, 5) is 16.8. The van der Waals surface area contributed by atoms with Gasteiger partial charge in [0, 0.05) is 15.0 Å². The van der Waals surface area contributed by atoms with Crippen molar-refractivity contribution in [2.24, 2.45) is 0 Å². The number of benzene rings is 1. The Balaban J connectivity index is 1.48. The van der Waals surface area contributed by atoms with Crippen LogP contribution in [0.1, 0.15) is 10.4 Å². The van der Waals surface area contributed by atoms with Gasteiger partial charge in [0.15, 0.2) is 0 Å². The highest BCUT2D eigenvalue weighted by Crippen LogP contribution is 2.37. The third-order valence-corrected chi connectivity index (χ3v) is 5.96. The molecule has 0 atom stereocenters. The van der Waals surface area contributed by atoms with Crippen molar-refractivity contribution in [1.29, 1.82) is 0 Å².